The van der Waals surface area contributed by atoms with Gasteiger partial charge in [-0.25, -0.2) is 4.79 Å². The van der Waals surface area contributed by atoms with Crippen molar-refractivity contribution in [3.05, 3.63) is 63.6 Å². The third-order valence-corrected chi connectivity index (χ3v) is 4.41. The van der Waals surface area contributed by atoms with Crippen LogP contribution in [0.15, 0.2) is 46.9 Å². The fourth-order valence-electron chi connectivity index (χ4n) is 2.86. The van der Waals surface area contributed by atoms with Crippen molar-refractivity contribution in [3.8, 4) is 0 Å². The largest absolute Gasteiger partial charge is 0.478 e. The topological polar surface area (TPSA) is 49.3 Å². The molecule has 0 aromatic heterocycles. The average molecular weight is 346 g/mol. The number of aromatic carboxylic acids is 1. The highest BCUT2D eigenvalue weighted by Gasteiger charge is 2.20. The third kappa shape index (κ3) is 3.10. The van der Waals surface area contributed by atoms with Crippen molar-refractivity contribution in [3.63, 3.8) is 0 Å². The lowest BCUT2D eigenvalue weighted by Crippen LogP contribution is -2.28. The number of hydrogen-bond donors (Lipinski definition) is 2. The second-order valence-corrected chi connectivity index (χ2v) is 6.26. The van der Waals surface area contributed by atoms with Crippen molar-refractivity contribution in [2.75, 3.05) is 5.32 Å². The molecule has 2 N–H and O–H groups in total. The first-order valence-corrected chi connectivity index (χ1v) is 7.79. The first-order chi connectivity index (χ1) is 10.1. The van der Waals surface area contributed by atoms with E-state index in [9.17, 15) is 9.90 Å². The minimum absolute atomic E-state index is 0.277. The Morgan fingerprint density at radius 1 is 1.19 bits per heavy atom. The van der Waals surface area contributed by atoms with E-state index in [1.54, 1.807) is 12.1 Å². The number of carboxylic acids is 1. The smallest absolute Gasteiger partial charge is 0.337 e. The summed E-state index contributed by atoms with van der Waals surface area (Å²) in [5, 5.41) is 12.6. The monoisotopic (exact) mass is 345 g/mol. The highest BCUT2D eigenvalue weighted by molar-refractivity contribution is 9.10. The lowest BCUT2D eigenvalue weighted by molar-refractivity contribution is 0.0698. The van der Waals surface area contributed by atoms with E-state index in [1.807, 2.05) is 12.1 Å². The lowest BCUT2D eigenvalue weighted by Gasteiger charge is -2.27. The van der Waals surface area contributed by atoms with Crippen molar-refractivity contribution < 1.29 is 9.90 Å². The molecule has 2 aromatic carbocycles. The number of benzene rings is 2. The Kier molecular flexibility index (Phi) is 3.97. The second kappa shape index (κ2) is 5.90. The highest BCUT2D eigenvalue weighted by atomic mass is 79.9. The highest BCUT2D eigenvalue weighted by Crippen LogP contribution is 2.27. The van der Waals surface area contributed by atoms with Crippen molar-refractivity contribution in [1.82, 2.24) is 0 Å². The molecule has 2 aromatic rings. The average Bonchev–Trinajstić information content (AvgIpc) is 2.48. The Labute approximate surface area is 132 Å². The molecule has 0 saturated carbocycles. The first kappa shape index (κ1) is 14.1. The number of aryl methyl sites for hydroxylation is 1. The van der Waals surface area contributed by atoms with Gasteiger partial charge in [0.2, 0.25) is 0 Å². The van der Waals surface area contributed by atoms with Gasteiger partial charge in [0, 0.05) is 16.2 Å². The Morgan fingerprint density at radius 2 is 2.00 bits per heavy atom. The molecule has 0 spiro atoms. The molecular weight excluding hydrogens is 330 g/mol. The maximum Gasteiger partial charge on any atom is 0.337 e. The molecule has 0 aliphatic heterocycles. The van der Waals surface area contributed by atoms with Crippen LogP contribution in [0.5, 0.6) is 0 Å². The summed E-state index contributed by atoms with van der Waals surface area (Å²) in [6, 6.07) is 13.8. The molecule has 0 radical (unpaired) electrons. The predicted octanol–water partition coefficient (Wildman–Crippen LogP) is 4.12. The van der Waals surface area contributed by atoms with Crippen LogP contribution in [-0.4, -0.2) is 17.1 Å². The standard InChI is InChI=1S/C17H16BrNO2/c18-13-7-5-12-10-14(8-6-11(12)9-13)19-16-4-2-1-3-15(16)17(20)21/h1-5,7,9,14,19H,6,8,10H2,(H,20,21). The Balaban J connectivity index is 1.79. The fraction of sp³-hybridized carbons (Fsp3) is 0.235. The molecule has 1 aliphatic carbocycles. The van der Waals surface area contributed by atoms with Gasteiger partial charge in [0.05, 0.1) is 5.56 Å². The van der Waals surface area contributed by atoms with Crippen molar-refractivity contribution in [2.45, 2.75) is 25.3 Å². The lowest BCUT2D eigenvalue weighted by atomic mass is 9.88. The normalized spacial score (nSPS) is 17.1. The molecule has 3 nitrogen and oxygen atoms in total. The summed E-state index contributed by atoms with van der Waals surface area (Å²) in [5.74, 6) is -0.891. The van der Waals surface area contributed by atoms with E-state index >= 15 is 0 Å². The molecule has 3 rings (SSSR count). The third-order valence-electron chi connectivity index (χ3n) is 3.91. The van der Waals surface area contributed by atoms with Crippen LogP contribution >= 0.6 is 15.9 Å². The molecule has 0 saturated heterocycles. The molecule has 108 valence electrons. The van der Waals surface area contributed by atoms with Crippen molar-refractivity contribution in [1.29, 1.82) is 0 Å². The van der Waals surface area contributed by atoms with Crippen LogP contribution in [0, 0.1) is 0 Å². The summed E-state index contributed by atoms with van der Waals surface area (Å²) >= 11 is 3.50. The van der Waals surface area contributed by atoms with Crippen LogP contribution in [0.4, 0.5) is 5.69 Å². The number of hydrogen-bond acceptors (Lipinski definition) is 2. The van der Waals surface area contributed by atoms with E-state index in [2.05, 4.69) is 39.4 Å². The molecule has 21 heavy (non-hydrogen) atoms. The number of anilines is 1. The zero-order valence-corrected chi connectivity index (χ0v) is 13.1. The minimum atomic E-state index is -0.891. The van der Waals surface area contributed by atoms with E-state index in [-0.39, 0.29) is 6.04 Å². The van der Waals surface area contributed by atoms with Crippen LogP contribution in [-0.2, 0) is 12.8 Å². The quantitative estimate of drug-likeness (QED) is 0.879. The maximum atomic E-state index is 11.3. The molecule has 1 atom stereocenters. The molecule has 0 amide bonds. The molecule has 0 fully saturated rings. The first-order valence-electron chi connectivity index (χ1n) is 6.99. The summed E-state index contributed by atoms with van der Waals surface area (Å²) in [5.41, 5.74) is 3.76. The Morgan fingerprint density at radius 3 is 2.81 bits per heavy atom. The zero-order valence-electron chi connectivity index (χ0n) is 11.5. The van der Waals surface area contributed by atoms with Gasteiger partial charge in [-0.1, -0.05) is 34.1 Å². The van der Waals surface area contributed by atoms with Crippen LogP contribution in [0.25, 0.3) is 0 Å². The van der Waals surface area contributed by atoms with E-state index < -0.39 is 5.97 Å². The van der Waals surface area contributed by atoms with Gasteiger partial charge >= 0.3 is 5.97 Å². The SMILES string of the molecule is O=C(O)c1ccccc1NC1CCc2cc(Br)ccc2C1. The van der Waals surface area contributed by atoms with Crippen molar-refractivity contribution in [2.24, 2.45) is 0 Å². The van der Waals surface area contributed by atoms with Gasteiger partial charge in [0.1, 0.15) is 0 Å². The van der Waals surface area contributed by atoms with Crippen LogP contribution in [0.1, 0.15) is 27.9 Å². The summed E-state index contributed by atoms with van der Waals surface area (Å²) in [7, 11) is 0. The second-order valence-electron chi connectivity index (χ2n) is 5.35. The molecule has 0 heterocycles. The minimum Gasteiger partial charge on any atom is -0.478 e. The summed E-state index contributed by atoms with van der Waals surface area (Å²) in [6.07, 6.45) is 2.95. The van der Waals surface area contributed by atoms with E-state index in [4.69, 9.17) is 0 Å². The number of rotatable bonds is 3. The van der Waals surface area contributed by atoms with Crippen LogP contribution in [0.2, 0.25) is 0 Å². The van der Waals surface area contributed by atoms with Gasteiger partial charge < -0.3 is 10.4 Å². The molecule has 1 aliphatic rings. The molecule has 1 unspecified atom stereocenters. The van der Waals surface area contributed by atoms with E-state index in [1.165, 1.54) is 11.1 Å². The van der Waals surface area contributed by atoms with Gasteiger partial charge in [-0.2, -0.15) is 0 Å². The number of fused-ring (bicyclic) bond motifs is 1. The summed E-state index contributed by atoms with van der Waals surface area (Å²) < 4.78 is 1.11. The van der Waals surface area contributed by atoms with Gasteiger partial charge in [0.15, 0.2) is 0 Å². The Hall–Kier alpha value is -1.81. The number of nitrogens with one attached hydrogen (secondary N) is 1. The summed E-state index contributed by atoms with van der Waals surface area (Å²) in [6.45, 7) is 0. The number of carboxylic acid groups (broad SMARTS) is 1. The molecular formula is C17H16BrNO2. The number of halogens is 1. The molecule has 0 bridgehead atoms. The zero-order chi connectivity index (χ0) is 14.8. The van der Waals surface area contributed by atoms with Gasteiger partial charge in [-0.05, 0) is 54.7 Å². The predicted molar refractivity (Wildman–Crippen MR) is 87.0 cm³/mol. The van der Waals surface area contributed by atoms with Crippen molar-refractivity contribution >= 4 is 27.6 Å². The van der Waals surface area contributed by atoms with Gasteiger partial charge in [-0.3, -0.25) is 0 Å². The Bertz CT molecular complexity index is 684. The molecule has 4 heteroatoms. The van der Waals surface area contributed by atoms with E-state index in [0.29, 0.717) is 11.3 Å². The maximum absolute atomic E-state index is 11.3. The van der Waals surface area contributed by atoms with Gasteiger partial charge in [-0.15, -0.1) is 0 Å². The van der Waals surface area contributed by atoms with Crippen LogP contribution in [0.3, 0.4) is 0 Å². The number of carbonyl (C=O) groups is 1. The van der Waals surface area contributed by atoms with Gasteiger partial charge in [0.25, 0.3) is 0 Å². The van der Waals surface area contributed by atoms with E-state index in [0.717, 1.165) is 23.7 Å². The van der Waals surface area contributed by atoms with Crippen LogP contribution < -0.4 is 5.32 Å². The number of para-hydroxylation sites is 1. The summed E-state index contributed by atoms with van der Waals surface area (Å²) in [4.78, 5) is 11.3. The fourth-order valence-corrected chi connectivity index (χ4v) is 3.27.